The number of rotatable bonds is 15. The van der Waals surface area contributed by atoms with E-state index in [-0.39, 0.29) is 42.8 Å². The Kier molecular flexibility index (Phi) is 16.2. The molecule has 0 saturated carbocycles. The van der Waals surface area contributed by atoms with E-state index in [0.717, 1.165) is 10.5 Å². The number of amides is 3. The molecule has 12 nitrogen and oxygen atoms in total. The van der Waals surface area contributed by atoms with Crippen molar-refractivity contribution in [3.63, 3.8) is 0 Å². The van der Waals surface area contributed by atoms with Gasteiger partial charge < -0.3 is 34.0 Å². The van der Waals surface area contributed by atoms with Gasteiger partial charge in [-0.25, -0.2) is 27.6 Å². The van der Waals surface area contributed by atoms with Gasteiger partial charge in [-0.05, 0) is 68.1 Å². The number of nitrogens with zero attached hydrogens (tertiary/aromatic N) is 1. The summed E-state index contributed by atoms with van der Waals surface area (Å²) in [6.45, 7) is 18.6. The molecule has 0 aliphatic carbocycles. The summed E-state index contributed by atoms with van der Waals surface area (Å²) in [5.74, 6) is -15.7. The van der Waals surface area contributed by atoms with E-state index in [1.165, 1.54) is 0 Å². The molecule has 2 N–H and O–H groups in total. The van der Waals surface area contributed by atoms with Crippen molar-refractivity contribution in [2.45, 2.75) is 123 Å². The standard InChI is InChI=1S/C44H56F5N3O9Si/c1-11-25(2)36(51-41(55)57-24-26-15-13-12-14-16-26)39(53)50-23-30(61-62(9,10)44(6,7)8)27-17-19-28(20-18-27)58-29-21-22-52(42(56)60-43(3,4)5)37(29)40(54)59-38-34(48)32(46)31(45)33(47)35(38)49/h12-20,25,29-30,36-37H,11,21-24H2,1-10H3,(H,50,53)(H,51,55)/t25?,29-,30?,36-,37-/m0/s1. The van der Waals surface area contributed by atoms with E-state index in [1.807, 2.05) is 57.3 Å². The Labute approximate surface area is 359 Å². The molecular formula is C44H56F5N3O9Si. The molecule has 340 valence electrons. The molecule has 1 aliphatic heterocycles. The number of likely N-dealkylation sites (tertiary alicyclic amines) is 1. The minimum Gasteiger partial charge on any atom is -0.488 e. The third-order valence-corrected chi connectivity index (χ3v) is 15.3. The highest BCUT2D eigenvalue weighted by Crippen LogP contribution is 2.40. The van der Waals surface area contributed by atoms with E-state index in [1.54, 1.807) is 45.0 Å². The summed E-state index contributed by atoms with van der Waals surface area (Å²) in [7, 11) is -2.49. The Morgan fingerprint density at radius 2 is 1.44 bits per heavy atom. The molecule has 0 bridgehead atoms. The third kappa shape index (κ3) is 12.5. The number of nitrogens with one attached hydrogen (secondary N) is 2. The van der Waals surface area contributed by atoms with Crippen LogP contribution in [0.4, 0.5) is 31.5 Å². The van der Waals surface area contributed by atoms with Gasteiger partial charge >= 0.3 is 18.2 Å². The zero-order valence-corrected chi connectivity index (χ0v) is 37.6. The molecule has 1 fully saturated rings. The molecule has 4 rings (SSSR count). The van der Waals surface area contributed by atoms with Crippen LogP contribution >= 0.6 is 0 Å². The van der Waals surface area contributed by atoms with Crippen LogP contribution in [0.3, 0.4) is 0 Å². The molecule has 0 radical (unpaired) electrons. The van der Waals surface area contributed by atoms with E-state index < -0.39 is 97.1 Å². The van der Waals surface area contributed by atoms with Crippen LogP contribution in [0.1, 0.15) is 85.5 Å². The summed E-state index contributed by atoms with van der Waals surface area (Å²) in [5, 5.41) is 5.42. The minimum atomic E-state index is -2.49. The molecular weight excluding hydrogens is 838 g/mol. The molecule has 3 amide bonds. The van der Waals surface area contributed by atoms with Crippen molar-refractivity contribution < 1.29 is 64.5 Å². The maximum atomic E-state index is 14.6. The summed E-state index contributed by atoms with van der Waals surface area (Å²) < 4.78 is 99.4. The fraction of sp³-hybridized carbons (Fsp3) is 0.500. The molecule has 1 saturated heterocycles. The fourth-order valence-electron chi connectivity index (χ4n) is 6.12. The highest BCUT2D eigenvalue weighted by atomic mass is 28.4. The molecule has 62 heavy (non-hydrogen) atoms. The SMILES string of the molecule is CCC(C)[C@H](NC(=O)OCc1ccccc1)C(=O)NCC(O[Si](C)(C)C(C)(C)C)c1ccc(O[C@H]2CCN(C(=O)OC(C)(C)C)[C@@H]2C(=O)Oc2c(F)c(F)c(F)c(F)c2F)cc1. The highest BCUT2D eigenvalue weighted by molar-refractivity contribution is 6.74. The van der Waals surface area contributed by atoms with Gasteiger partial charge in [0.25, 0.3) is 0 Å². The third-order valence-electron chi connectivity index (χ3n) is 10.8. The van der Waals surface area contributed by atoms with Crippen LogP contribution in [-0.2, 0) is 30.1 Å². The quantitative estimate of drug-likeness (QED) is 0.0382. The molecule has 1 aliphatic rings. The van der Waals surface area contributed by atoms with Crippen molar-refractivity contribution in [1.82, 2.24) is 15.5 Å². The van der Waals surface area contributed by atoms with Crippen LogP contribution in [0.5, 0.6) is 11.5 Å². The van der Waals surface area contributed by atoms with Gasteiger partial charge in [-0.2, -0.15) is 8.78 Å². The van der Waals surface area contributed by atoms with Crippen LogP contribution in [0.2, 0.25) is 18.1 Å². The van der Waals surface area contributed by atoms with Crippen LogP contribution in [0, 0.1) is 35.0 Å². The number of hydrogen-bond donors (Lipinski definition) is 2. The molecule has 1 heterocycles. The molecule has 0 spiro atoms. The zero-order valence-electron chi connectivity index (χ0n) is 36.6. The lowest BCUT2D eigenvalue weighted by Gasteiger charge is -2.39. The fourth-order valence-corrected chi connectivity index (χ4v) is 7.40. The lowest BCUT2D eigenvalue weighted by Crippen LogP contribution is -2.51. The number of halogens is 5. The summed E-state index contributed by atoms with van der Waals surface area (Å²) in [6.07, 6.45) is -3.12. The maximum absolute atomic E-state index is 14.6. The number of hydrogen-bond acceptors (Lipinski definition) is 9. The number of alkyl carbamates (subject to hydrolysis) is 1. The largest absolute Gasteiger partial charge is 0.488 e. The van der Waals surface area contributed by atoms with E-state index in [4.69, 9.17) is 23.4 Å². The zero-order chi connectivity index (χ0) is 46.3. The van der Waals surface area contributed by atoms with Crippen LogP contribution < -0.4 is 20.1 Å². The van der Waals surface area contributed by atoms with Crippen LogP contribution in [0.15, 0.2) is 54.6 Å². The molecule has 5 atom stereocenters. The Bertz CT molecular complexity index is 2030. The Balaban J connectivity index is 1.57. The lowest BCUT2D eigenvalue weighted by molar-refractivity contribution is -0.142. The smallest absolute Gasteiger partial charge is 0.411 e. The number of benzene rings is 3. The predicted octanol–water partition coefficient (Wildman–Crippen LogP) is 9.26. The Hall–Kier alpha value is -5.23. The van der Waals surface area contributed by atoms with Gasteiger partial charge in [0, 0.05) is 19.5 Å². The number of carbonyl (C=O) groups excluding carboxylic acids is 4. The van der Waals surface area contributed by atoms with E-state index >= 15 is 0 Å². The van der Waals surface area contributed by atoms with Gasteiger partial charge in [0.05, 0.1) is 6.10 Å². The number of carbonyl (C=O) groups is 4. The van der Waals surface area contributed by atoms with Gasteiger partial charge in [-0.15, -0.1) is 0 Å². The monoisotopic (exact) mass is 893 g/mol. The minimum absolute atomic E-state index is 0.0122. The van der Waals surface area contributed by atoms with Gasteiger partial charge in [0.2, 0.25) is 40.7 Å². The molecule has 3 aromatic carbocycles. The van der Waals surface area contributed by atoms with E-state index in [0.29, 0.717) is 12.0 Å². The van der Waals surface area contributed by atoms with Crippen molar-refractivity contribution in [3.8, 4) is 11.5 Å². The molecule has 3 aromatic rings. The van der Waals surface area contributed by atoms with Crippen molar-refractivity contribution >= 4 is 32.4 Å². The summed E-state index contributed by atoms with van der Waals surface area (Å²) in [6, 6.07) is 12.9. The normalized spacial score (nSPS) is 17.1. The lowest BCUT2D eigenvalue weighted by atomic mass is 9.98. The van der Waals surface area contributed by atoms with Crippen molar-refractivity contribution in [2.75, 3.05) is 13.1 Å². The number of ether oxygens (including phenoxy) is 4. The van der Waals surface area contributed by atoms with E-state index in [9.17, 15) is 41.1 Å². The predicted molar refractivity (Wildman–Crippen MR) is 221 cm³/mol. The van der Waals surface area contributed by atoms with Gasteiger partial charge in [-0.1, -0.05) is 83.5 Å². The maximum Gasteiger partial charge on any atom is 0.411 e. The second kappa shape index (κ2) is 20.3. The van der Waals surface area contributed by atoms with E-state index in [2.05, 4.69) is 31.4 Å². The van der Waals surface area contributed by atoms with Gasteiger partial charge in [0.15, 0.2) is 14.4 Å². The Morgan fingerprint density at radius 1 is 0.855 bits per heavy atom. The van der Waals surface area contributed by atoms with Gasteiger partial charge in [0.1, 0.15) is 30.1 Å². The first-order chi connectivity index (χ1) is 28.8. The van der Waals surface area contributed by atoms with Crippen molar-refractivity contribution in [1.29, 1.82) is 0 Å². The summed E-state index contributed by atoms with van der Waals surface area (Å²) >= 11 is 0. The Morgan fingerprint density at radius 3 is 1.98 bits per heavy atom. The van der Waals surface area contributed by atoms with Gasteiger partial charge in [-0.3, -0.25) is 9.69 Å². The summed E-state index contributed by atoms with van der Waals surface area (Å²) in [4.78, 5) is 54.2. The second-order valence-corrected chi connectivity index (χ2v) is 22.4. The van der Waals surface area contributed by atoms with Crippen LogP contribution in [-0.4, -0.2) is 74.2 Å². The molecule has 18 heteroatoms. The highest BCUT2D eigenvalue weighted by Gasteiger charge is 2.47. The molecule has 2 unspecified atom stereocenters. The second-order valence-electron chi connectivity index (χ2n) is 17.6. The first-order valence-corrected chi connectivity index (χ1v) is 23.2. The average Bonchev–Trinajstić information content (AvgIpc) is 3.63. The summed E-state index contributed by atoms with van der Waals surface area (Å²) in [5.41, 5.74) is 0.375. The topological polar surface area (TPSA) is 142 Å². The van der Waals surface area contributed by atoms with Crippen molar-refractivity contribution in [2.24, 2.45) is 5.92 Å². The first-order valence-electron chi connectivity index (χ1n) is 20.3. The van der Waals surface area contributed by atoms with Crippen LogP contribution in [0.25, 0.3) is 0 Å². The number of esters is 1. The first kappa shape index (κ1) is 49.4. The molecule has 0 aromatic heterocycles. The van der Waals surface area contributed by atoms with Crippen molar-refractivity contribution in [3.05, 3.63) is 94.8 Å². The average molecular weight is 894 g/mol.